The third-order valence-corrected chi connectivity index (χ3v) is 12.2. The molecule has 8 rings (SSSR count). The number of nitrogens with zero attached hydrogens (tertiary/aromatic N) is 5. The number of H-pyrrole nitrogens is 1. The number of aromatic nitrogens is 6. The second kappa shape index (κ2) is 17.3. The van der Waals surface area contributed by atoms with Crippen molar-refractivity contribution in [1.82, 2.24) is 29.1 Å². The van der Waals surface area contributed by atoms with Gasteiger partial charge in [0.2, 0.25) is 0 Å². The molecule has 6 aromatic rings. The number of fused-ring (bicyclic) bond motifs is 1. The molecule has 3 aromatic carbocycles. The molecule has 5 heterocycles. The van der Waals surface area contributed by atoms with E-state index in [4.69, 9.17) is 38.5 Å². The number of imidazole rings is 1. The van der Waals surface area contributed by atoms with Crippen LogP contribution in [0.5, 0.6) is 11.5 Å². The quantitative estimate of drug-likeness (QED) is 0.0958. The molecule has 2 saturated heterocycles. The molecular weight excluding hydrogens is 809 g/mol. The Labute approximate surface area is 349 Å². The number of methoxy groups -OCH3 is 2. The summed E-state index contributed by atoms with van der Waals surface area (Å²) in [5.41, 5.74) is 6.96. The standard InChI is InChI=1S/C42H46N7O11P/c1-25-20-48(41(52)47-40(25)51)36-19-32(60-61(4,53)57-22-33-31(50)18-35(58-33)49-24-46-37-38(43)44-23-45-39(37)49)34(59-36)21-56-42(26-8-6-5-7-9-26,27-10-14-29(54-2)15-11-27)28-12-16-30(55-3)17-13-28/h5-17,20,23-24,31-36,50H,18-19,21-22H2,1-4H3,(H2,43,44,45)(H,47,51,52)/t31-,32-,33+,34+,35+,36+,61?/m0/s1. The Morgan fingerprint density at radius 1 is 0.852 bits per heavy atom. The van der Waals surface area contributed by atoms with E-state index in [-0.39, 0.29) is 31.9 Å². The fraction of sp³-hybridized carbons (Fsp3) is 0.357. The second-order valence-corrected chi connectivity index (χ2v) is 16.9. The molecule has 2 aliphatic heterocycles. The SMILES string of the molecule is COc1ccc(C(OC[C@H]2O[C@@H](n3cc(C)c(=O)[nH]c3=O)C[C@@H]2OP(C)(=O)OC[C@H]2O[C@@H](n3cnc4c(N)ncnc43)C[C@@H]2O)(c2ccccc2)c2ccc(OC)cc2)cc1. The van der Waals surface area contributed by atoms with Crippen molar-refractivity contribution in [3.63, 3.8) is 0 Å². The number of nitrogen functional groups attached to an aromatic ring is 1. The largest absolute Gasteiger partial charge is 0.497 e. The van der Waals surface area contributed by atoms with E-state index in [9.17, 15) is 19.3 Å². The van der Waals surface area contributed by atoms with Gasteiger partial charge in [0.1, 0.15) is 53.6 Å². The number of ether oxygens (including phenoxy) is 5. The van der Waals surface area contributed by atoms with E-state index in [1.54, 1.807) is 25.7 Å². The van der Waals surface area contributed by atoms with E-state index >= 15 is 0 Å². The average molecular weight is 856 g/mol. The Hall–Kier alpha value is -5.72. The zero-order valence-corrected chi connectivity index (χ0v) is 34.7. The number of hydrogen-bond donors (Lipinski definition) is 3. The average Bonchev–Trinajstić information content (AvgIpc) is 3.99. The van der Waals surface area contributed by atoms with E-state index < -0.39 is 61.3 Å². The molecule has 2 aliphatic rings. The van der Waals surface area contributed by atoms with Crippen LogP contribution in [0.3, 0.4) is 0 Å². The first-order chi connectivity index (χ1) is 29.4. The highest BCUT2D eigenvalue weighted by molar-refractivity contribution is 7.53. The fourth-order valence-electron chi connectivity index (χ4n) is 7.82. The molecule has 19 heteroatoms. The third-order valence-electron chi connectivity index (χ3n) is 11.0. The number of rotatable bonds is 15. The van der Waals surface area contributed by atoms with Crippen LogP contribution in [0.4, 0.5) is 5.82 Å². The maximum Gasteiger partial charge on any atom is 0.330 e. The van der Waals surface area contributed by atoms with Crippen molar-refractivity contribution in [3.05, 3.63) is 141 Å². The van der Waals surface area contributed by atoms with Gasteiger partial charge in [0.05, 0.1) is 46.0 Å². The number of aromatic amines is 1. The van der Waals surface area contributed by atoms with Crippen molar-refractivity contribution in [1.29, 1.82) is 0 Å². The van der Waals surface area contributed by atoms with Crippen LogP contribution in [0.15, 0.2) is 107 Å². The number of aliphatic hydroxyl groups is 1. The predicted octanol–water partition coefficient (Wildman–Crippen LogP) is 4.45. The van der Waals surface area contributed by atoms with Gasteiger partial charge >= 0.3 is 13.3 Å². The summed E-state index contributed by atoms with van der Waals surface area (Å²) in [6.07, 6.45) is -0.910. The number of aliphatic hydroxyl groups excluding tert-OH is 1. The van der Waals surface area contributed by atoms with Crippen LogP contribution in [0.1, 0.15) is 47.6 Å². The lowest BCUT2D eigenvalue weighted by Crippen LogP contribution is -2.38. The second-order valence-electron chi connectivity index (χ2n) is 14.9. The molecule has 18 nitrogen and oxygen atoms in total. The summed E-state index contributed by atoms with van der Waals surface area (Å²) >= 11 is 0. The van der Waals surface area contributed by atoms with Gasteiger partial charge in [-0.15, -0.1) is 0 Å². The third kappa shape index (κ3) is 8.48. The number of hydrogen-bond acceptors (Lipinski definition) is 15. The van der Waals surface area contributed by atoms with Gasteiger partial charge in [-0.05, 0) is 47.9 Å². The van der Waals surface area contributed by atoms with Gasteiger partial charge in [-0.3, -0.25) is 23.5 Å². The molecule has 0 aliphatic carbocycles. The van der Waals surface area contributed by atoms with Gasteiger partial charge in [-0.2, -0.15) is 0 Å². The van der Waals surface area contributed by atoms with Crippen LogP contribution in [0.25, 0.3) is 11.2 Å². The van der Waals surface area contributed by atoms with Gasteiger partial charge in [-0.1, -0.05) is 54.6 Å². The zero-order chi connectivity index (χ0) is 42.9. The van der Waals surface area contributed by atoms with Gasteiger partial charge in [0, 0.05) is 31.3 Å². The molecule has 0 amide bonds. The summed E-state index contributed by atoms with van der Waals surface area (Å²) in [5.74, 6) is 1.51. The monoisotopic (exact) mass is 855 g/mol. The number of nitrogens with one attached hydrogen (secondary N) is 1. The van der Waals surface area contributed by atoms with Crippen molar-refractivity contribution >= 4 is 24.6 Å². The lowest BCUT2D eigenvalue weighted by molar-refractivity contribution is -0.0932. The van der Waals surface area contributed by atoms with Crippen molar-refractivity contribution in [2.75, 3.05) is 39.8 Å². The van der Waals surface area contributed by atoms with Crippen molar-refractivity contribution in [3.8, 4) is 11.5 Å². The van der Waals surface area contributed by atoms with E-state index in [0.29, 0.717) is 28.2 Å². The van der Waals surface area contributed by atoms with E-state index in [0.717, 1.165) is 16.7 Å². The zero-order valence-electron chi connectivity index (χ0n) is 33.8. The smallest absolute Gasteiger partial charge is 0.330 e. The molecule has 0 radical (unpaired) electrons. The van der Waals surface area contributed by atoms with Crippen molar-refractivity contribution in [2.24, 2.45) is 0 Å². The Morgan fingerprint density at radius 2 is 1.48 bits per heavy atom. The summed E-state index contributed by atoms with van der Waals surface area (Å²) in [6, 6.07) is 24.7. The molecule has 3 aromatic heterocycles. The maximum atomic E-state index is 14.2. The van der Waals surface area contributed by atoms with Gasteiger partial charge in [-0.25, -0.2) is 19.7 Å². The van der Waals surface area contributed by atoms with Crippen LogP contribution in [0, 0.1) is 6.92 Å². The minimum absolute atomic E-state index is 0.0351. The molecule has 2 fully saturated rings. The fourth-order valence-corrected chi connectivity index (χ4v) is 9.01. The summed E-state index contributed by atoms with van der Waals surface area (Å²) in [6.45, 7) is 2.48. The lowest BCUT2D eigenvalue weighted by Gasteiger charge is -2.37. The van der Waals surface area contributed by atoms with Crippen LogP contribution in [-0.4, -0.2) is 92.7 Å². The molecule has 0 saturated carbocycles. The molecule has 0 bridgehead atoms. The Bertz CT molecular complexity index is 2590. The molecule has 7 atom stereocenters. The van der Waals surface area contributed by atoms with Crippen LogP contribution >= 0.6 is 7.60 Å². The highest BCUT2D eigenvalue weighted by Crippen LogP contribution is 2.50. The summed E-state index contributed by atoms with van der Waals surface area (Å²) in [5, 5.41) is 11.0. The summed E-state index contributed by atoms with van der Waals surface area (Å²) < 4.78 is 60.1. The molecule has 320 valence electrons. The highest BCUT2D eigenvalue weighted by atomic mass is 31.2. The van der Waals surface area contributed by atoms with E-state index in [1.807, 2.05) is 78.9 Å². The van der Waals surface area contributed by atoms with Crippen LogP contribution in [0.2, 0.25) is 0 Å². The number of nitrogens with two attached hydrogens (primary N) is 1. The first kappa shape index (κ1) is 42.0. The molecular formula is C42H46N7O11P. The van der Waals surface area contributed by atoms with Crippen molar-refractivity contribution in [2.45, 2.75) is 62.2 Å². The van der Waals surface area contributed by atoms with Crippen molar-refractivity contribution < 1.29 is 42.4 Å². The molecule has 1 unspecified atom stereocenters. The predicted molar refractivity (Wildman–Crippen MR) is 221 cm³/mol. The molecule has 4 N–H and O–H groups in total. The minimum Gasteiger partial charge on any atom is -0.497 e. The number of anilines is 1. The first-order valence-corrected chi connectivity index (χ1v) is 21.5. The van der Waals surface area contributed by atoms with E-state index in [2.05, 4.69) is 19.9 Å². The topological polar surface area (TPSA) is 226 Å². The molecule has 61 heavy (non-hydrogen) atoms. The minimum atomic E-state index is -3.94. The van der Waals surface area contributed by atoms with E-state index in [1.165, 1.54) is 30.1 Å². The van der Waals surface area contributed by atoms with Gasteiger partial charge in [0.25, 0.3) is 5.56 Å². The highest BCUT2D eigenvalue weighted by Gasteiger charge is 2.45. The van der Waals surface area contributed by atoms with Crippen LogP contribution in [-0.2, 0) is 33.4 Å². The Balaban J connectivity index is 1.08. The van der Waals surface area contributed by atoms with Gasteiger partial charge in [0.15, 0.2) is 11.5 Å². The number of aryl methyl sites for hydroxylation is 1. The summed E-state index contributed by atoms with van der Waals surface area (Å²) in [4.78, 5) is 40.3. The lowest BCUT2D eigenvalue weighted by atomic mass is 9.80. The summed E-state index contributed by atoms with van der Waals surface area (Å²) in [7, 11) is -0.761. The normalized spacial score (nSPS) is 22.6. The molecule has 0 spiro atoms. The van der Waals surface area contributed by atoms with Crippen LogP contribution < -0.4 is 26.5 Å². The Kier molecular flexibility index (Phi) is 11.9. The maximum absolute atomic E-state index is 14.2. The Morgan fingerprint density at radius 3 is 2.13 bits per heavy atom. The number of benzene rings is 3. The first-order valence-electron chi connectivity index (χ1n) is 19.5. The van der Waals surface area contributed by atoms with Gasteiger partial charge < -0.3 is 43.6 Å².